The van der Waals surface area contributed by atoms with Crippen LogP contribution in [0.5, 0.6) is 0 Å². The van der Waals surface area contributed by atoms with Gasteiger partial charge >= 0.3 is 0 Å². The molecule has 0 spiro atoms. The fraction of sp³-hybridized carbons (Fsp3) is 0.600. The maximum absolute atomic E-state index is 14.0. The van der Waals surface area contributed by atoms with Crippen LogP contribution in [-0.2, 0) is 5.41 Å². The Morgan fingerprint density at radius 1 is 1.18 bits per heavy atom. The molecule has 1 aromatic rings. The van der Waals surface area contributed by atoms with E-state index >= 15 is 0 Å². The minimum atomic E-state index is -0.0213. The highest BCUT2D eigenvalue weighted by Gasteiger charge is 2.42. The Labute approximate surface area is 102 Å². The van der Waals surface area contributed by atoms with Crippen molar-refractivity contribution in [1.29, 1.82) is 0 Å². The first-order valence-corrected chi connectivity index (χ1v) is 6.76. The summed E-state index contributed by atoms with van der Waals surface area (Å²) in [6.07, 6.45) is 6.59. The fourth-order valence-corrected chi connectivity index (χ4v) is 3.53. The normalized spacial score (nSPS) is 23.6. The van der Waals surface area contributed by atoms with Crippen molar-refractivity contribution < 1.29 is 4.39 Å². The minimum absolute atomic E-state index is 0.0213. The number of rotatable bonds is 3. The van der Waals surface area contributed by atoms with Crippen LogP contribution in [0.15, 0.2) is 24.3 Å². The van der Waals surface area contributed by atoms with Gasteiger partial charge in [0.25, 0.3) is 0 Å². The zero-order valence-electron chi connectivity index (χ0n) is 10.2. The van der Waals surface area contributed by atoms with Gasteiger partial charge in [0.1, 0.15) is 5.82 Å². The molecule has 2 fully saturated rings. The van der Waals surface area contributed by atoms with Crippen molar-refractivity contribution >= 4 is 0 Å². The fourth-order valence-electron chi connectivity index (χ4n) is 3.53. The van der Waals surface area contributed by atoms with Crippen LogP contribution in [-0.4, -0.2) is 13.1 Å². The van der Waals surface area contributed by atoms with Crippen molar-refractivity contribution in [2.24, 2.45) is 5.92 Å². The van der Waals surface area contributed by atoms with E-state index in [0.717, 1.165) is 24.6 Å². The number of nitrogens with one attached hydrogen (secondary N) is 1. The molecule has 92 valence electrons. The summed E-state index contributed by atoms with van der Waals surface area (Å²) in [6, 6.07) is 7.33. The van der Waals surface area contributed by atoms with Crippen LogP contribution in [0.1, 0.15) is 37.7 Å². The lowest BCUT2D eigenvalue weighted by Gasteiger charge is -2.45. The van der Waals surface area contributed by atoms with Crippen molar-refractivity contribution in [2.75, 3.05) is 13.1 Å². The van der Waals surface area contributed by atoms with Crippen LogP contribution in [0, 0.1) is 11.7 Å². The highest BCUT2D eigenvalue weighted by Crippen LogP contribution is 2.41. The van der Waals surface area contributed by atoms with Crippen LogP contribution >= 0.6 is 0 Å². The number of benzene rings is 1. The quantitative estimate of drug-likeness (QED) is 0.845. The lowest BCUT2D eigenvalue weighted by molar-refractivity contribution is 0.212. The summed E-state index contributed by atoms with van der Waals surface area (Å²) in [5.41, 5.74) is 1.02. The molecule has 0 radical (unpaired) electrons. The first kappa shape index (κ1) is 11.2. The van der Waals surface area contributed by atoms with Crippen molar-refractivity contribution in [2.45, 2.75) is 37.5 Å². The summed E-state index contributed by atoms with van der Waals surface area (Å²) in [5.74, 6) is 0.795. The minimum Gasteiger partial charge on any atom is -0.315 e. The zero-order chi connectivity index (χ0) is 11.7. The third kappa shape index (κ3) is 1.99. The van der Waals surface area contributed by atoms with Gasteiger partial charge in [-0.05, 0) is 24.0 Å². The van der Waals surface area contributed by atoms with E-state index in [2.05, 4.69) is 5.32 Å². The summed E-state index contributed by atoms with van der Waals surface area (Å²) in [4.78, 5) is 0. The average molecular weight is 233 g/mol. The molecule has 0 unspecified atom stereocenters. The second-order valence-corrected chi connectivity index (χ2v) is 5.72. The number of hydrogen-bond donors (Lipinski definition) is 1. The molecule has 0 amide bonds. The molecule has 0 aromatic heterocycles. The molecule has 1 saturated heterocycles. The van der Waals surface area contributed by atoms with Crippen LogP contribution in [0.3, 0.4) is 0 Å². The van der Waals surface area contributed by atoms with E-state index in [0.29, 0.717) is 0 Å². The van der Waals surface area contributed by atoms with Gasteiger partial charge in [0.05, 0.1) is 0 Å². The van der Waals surface area contributed by atoms with E-state index < -0.39 is 0 Å². The van der Waals surface area contributed by atoms with Crippen LogP contribution in [0.25, 0.3) is 0 Å². The van der Waals surface area contributed by atoms with Gasteiger partial charge in [-0.2, -0.15) is 0 Å². The maximum Gasteiger partial charge on any atom is 0.127 e. The summed E-state index contributed by atoms with van der Waals surface area (Å²) in [6.45, 7) is 1.90. The number of halogens is 1. The van der Waals surface area contributed by atoms with Crippen LogP contribution < -0.4 is 5.32 Å². The summed E-state index contributed by atoms with van der Waals surface area (Å²) < 4.78 is 14.0. The Bertz CT molecular complexity index is 392. The predicted octanol–water partition coefficient (Wildman–Crippen LogP) is 3.25. The molecule has 1 aliphatic heterocycles. The van der Waals surface area contributed by atoms with Gasteiger partial charge in [-0.1, -0.05) is 43.9 Å². The van der Waals surface area contributed by atoms with Gasteiger partial charge in [-0.25, -0.2) is 4.39 Å². The van der Waals surface area contributed by atoms with Gasteiger partial charge < -0.3 is 5.32 Å². The molecule has 1 aliphatic carbocycles. The molecule has 1 saturated carbocycles. The zero-order valence-corrected chi connectivity index (χ0v) is 10.2. The SMILES string of the molecule is Fc1ccccc1C1(CC2CCCC2)CNC1. The highest BCUT2D eigenvalue weighted by atomic mass is 19.1. The second-order valence-electron chi connectivity index (χ2n) is 5.72. The van der Waals surface area contributed by atoms with E-state index in [1.54, 1.807) is 12.1 Å². The Balaban J connectivity index is 1.83. The highest BCUT2D eigenvalue weighted by molar-refractivity contribution is 5.31. The first-order chi connectivity index (χ1) is 8.30. The lowest BCUT2D eigenvalue weighted by atomic mass is 9.69. The van der Waals surface area contributed by atoms with Gasteiger partial charge in [0, 0.05) is 18.5 Å². The van der Waals surface area contributed by atoms with Gasteiger partial charge in [0.2, 0.25) is 0 Å². The van der Waals surface area contributed by atoms with E-state index in [-0.39, 0.29) is 11.2 Å². The molecule has 1 N–H and O–H groups in total. The van der Waals surface area contributed by atoms with E-state index in [1.807, 2.05) is 12.1 Å². The standard InChI is InChI=1S/C15H20FN/c16-14-8-4-3-7-13(14)15(10-17-11-15)9-12-5-1-2-6-12/h3-4,7-8,12,17H,1-2,5-6,9-11H2. The molecule has 0 bridgehead atoms. The first-order valence-electron chi connectivity index (χ1n) is 6.76. The molecule has 3 rings (SSSR count). The monoisotopic (exact) mass is 233 g/mol. The molecule has 1 nitrogen and oxygen atoms in total. The topological polar surface area (TPSA) is 12.0 Å². The molecule has 1 aromatic carbocycles. The van der Waals surface area contributed by atoms with Crippen molar-refractivity contribution in [3.05, 3.63) is 35.6 Å². The Hall–Kier alpha value is -0.890. The summed E-state index contributed by atoms with van der Waals surface area (Å²) >= 11 is 0. The third-order valence-corrected chi connectivity index (χ3v) is 4.53. The number of hydrogen-bond acceptors (Lipinski definition) is 1. The van der Waals surface area contributed by atoms with Gasteiger partial charge in [-0.15, -0.1) is 0 Å². The molecule has 17 heavy (non-hydrogen) atoms. The summed E-state index contributed by atoms with van der Waals surface area (Å²) in [7, 11) is 0. The van der Waals surface area contributed by atoms with Gasteiger partial charge in [0.15, 0.2) is 0 Å². The van der Waals surface area contributed by atoms with Crippen molar-refractivity contribution in [1.82, 2.24) is 5.32 Å². The smallest absolute Gasteiger partial charge is 0.127 e. The van der Waals surface area contributed by atoms with Crippen molar-refractivity contribution in [3.8, 4) is 0 Å². The van der Waals surface area contributed by atoms with Crippen LogP contribution in [0.2, 0.25) is 0 Å². The predicted molar refractivity (Wildman–Crippen MR) is 67.5 cm³/mol. The maximum atomic E-state index is 14.0. The third-order valence-electron chi connectivity index (χ3n) is 4.53. The molecule has 2 heteroatoms. The van der Waals surface area contributed by atoms with Crippen LogP contribution in [0.4, 0.5) is 4.39 Å². The molecule has 2 aliphatic rings. The molecule has 0 atom stereocenters. The summed E-state index contributed by atoms with van der Waals surface area (Å²) in [5, 5.41) is 3.34. The van der Waals surface area contributed by atoms with Crippen molar-refractivity contribution in [3.63, 3.8) is 0 Å². The Morgan fingerprint density at radius 2 is 1.88 bits per heavy atom. The second kappa shape index (κ2) is 4.41. The molecule has 1 heterocycles. The van der Waals surface area contributed by atoms with E-state index in [1.165, 1.54) is 32.1 Å². The average Bonchev–Trinajstić information content (AvgIpc) is 2.77. The van der Waals surface area contributed by atoms with E-state index in [4.69, 9.17) is 0 Å². The van der Waals surface area contributed by atoms with Gasteiger partial charge in [-0.3, -0.25) is 0 Å². The molecular weight excluding hydrogens is 213 g/mol. The Morgan fingerprint density at radius 3 is 2.47 bits per heavy atom. The molecular formula is C15H20FN. The largest absolute Gasteiger partial charge is 0.315 e. The Kier molecular flexibility index (Phi) is 2.91. The van der Waals surface area contributed by atoms with E-state index in [9.17, 15) is 4.39 Å². The lowest BCUT2D eigenvalue weighted by Crippen LogP contribution is -2.57.